The van der Waals surface area contributed by atoms with E-state index in [0.29, 0.717) is 6.04 Å². The van der Waals surface area contributed by atoms with E-state index >= 15 is 0 Å². The molecule has 92 valence electrons. The Labute approximate surface area is 113 Å². The van der Waals surface area contributed by atoms with Crippen LogP contribution in [-0.2, 0) is 0 Å². The summed E-state index contributed by atoms with van der Waals surface area (Å²) in [5.74, 6) is 0. The molecule has 3 rings (SSSR count). The molecule has 0 aromatic heterocycles. The molecule has 17 heavy (non-hydrogen) atoms. The van der Waals surface area contributed by atoms with Gasteiger partial charge >= 0.3 is 0 Å². The van der Waals surface area contributed by atoms with Crippen molar-refractivity contribution in [3.63, 3.8) is 0 Å². The molecule has 3 aliphatic rings. The zero-order valence-electron chi connectivity index (χ0n) is 9.90. The minimum absolute atomic E-state index is 0.129. The van der Waals surface area contributed by atoms with E-state index in [2.05, 4.69) is 34.8 Å². The third-order valence-electron chi connectivity index (χ3n) is 3.38. The number of nitrogens with one attached hydrogen (secondary N) is 1. The van der Waals surface area contributed by atoms with Crippen molar-refractivity contribution in [2.45, 2.75) is 31.7 Å². The molecule has 0 aromatic carbocycles. The zero-order chi connectivity index (χ0) is 11.5. The van der Waals surface area contributed by atoms with Gasteiger partial charge < -0.3 is 5.32 Å². The minimum atomic E-state index is -0.129. The van der Waals surface area contributed by atoms with Gasteiger partial charge in [0.1, 0.15) is 0 Å². The van der Waals surface area contributed by atoms with E-state index in [-0.39, 0.29) is 21.0 Å². The molecule has 1 aliphatic carbocycles. The average Bonchev–Trinajstić information content (AvgIpc) is 3.02. The van der Waals surface area contributed by atoms with Gasteiger partial charge in [-0.1, -0.05) is 18.2 Å². The van der Waals surface area contributed by atoms with Gasteiger partial charge in [0.2, 0.25) is 0 Å². The van der Waals surface area contributed by atoms with E-state index in [1.54, 1.807) is 0 Å². The van der Waals surface area contributed by atoms with Crippen molar-refractivity contribution in [3.8, 4) is 0 Å². The van der Waals surface area contributed by atoms with Crippen molar-refractivity contribution in [2.75, 3.05) is 13.1 Å². The second kappa shape index (κ2) is 5.44. The van der Waals surface area contributed by atoms with Crippen LogP contribution in [0.5, 0.6) is 0 Å². The Hall–Kier alpha value is -0.490. The summed E-state index contributed by atoms with van der Waals surface area (Å²) in [6, 6.07) is 0.651. The van der Waals surface area contributed by atoms with Crippen LogP contribution in [0.2, 0.25) is 0 Å². The fraction of sp³-hybridized carbons (Fsp3) is 0.538. The Morgan fingerprint density at radius 1 is 1.53 bits per heavy atom. The largest absolute Gasteiger partial charge is 0.312 e. The van der Waals surface area contributed by atoms with Crippen molar-refractivity contribution in [1.29, 1.82) is 0 Å². The van der Waals surface area contributed by atoms with E-state index in [0.717, 1.165) is 6.54 Å². The first-order valence-corrected chi connectivity index (χ1v) is 8.39. The molecule has 1 atom stereocenters. The average molecular weight is 343 g/mol. The molecule has 2 heterocycles. The normalized spacial score (nSPS) is 28.0. The molecule has 0 bridgehead atoms. The zero-order valence-corrected chi connectivity index (χ0v) is 12.1. The van der Waals surface area contributed by atoms with Gasteiger partial charge in [0.05, 0.1) is 27.6 Å². The van der Waals surface area contributed by atoms with E-state index in [9.17, 15) is 0 Å². The van der Waals surface area contributed by atoms with Crippen LogP contribution in [-0.4, -0.2) is 24.1 Å². The lowest BCUT2D eigenvalue weighted by Gasteiger charge is -2.16. The summed E-state index contributed by atoms with van der Waals surface area (Å²) in [7, 11) is 0. The first kappa shape index (κ1) is 11.6. The summed E-state index contributed by atoms with van der Waals surface area (Å²) in [4.78, 5) is 0. The van der Waals surface area contributed by atoms with Crippen LogP contribution in [0.1, 0.15) is 25.7 Å². The van der Waals surface area contributed by atoms with Gasteiger partial charge in [-0.25, -0.2) is 0 Å². The molecule has 1 saturated heterocycles. The van der Waals surface area contributed by atoms with E-state index in [4.69, 9.17) is 3.25 Å². The molecule has 0 radical (unpaired) electrons. The Bertz CT molecular complexity index is 403. The molecule has 1 fully saturated rings. The smallest absolute Gasteiger partial charge is 0.0571 e. The van der Waals surface area contributed by atoms with Crippen molar-refractivity contribution < 1.29 is 0 Å². The summed E-state index contributed by atoms with van der Waals surface area (Å²) >= 11 is -0.129. The molecule has 3 nitrogen and oxygen atoms in total. The van der Waals surface area contributed by atoms with Crippen LogP contribution in [0, 0.1) is 0 Å². The summed E-state index contributed by atoms with van der Waals surface area (Å²) in [6.45, 7) is 2.24. The number of hydrogen-bond acceptors (Lipinski definition) is 3. The van der Waals surface area contributed by atoms with Crippen LogP contribution in [0.25, 0.3) is 0 Å². The number of hydrogen-bond donors (Lipinski definition) is 1. The quantitative estimate of drug-likeness (QED) is 0.797. The first-order chi connectivity index (χ1) is 8.42. The van der Waals surface area contributed by atoms with Crippen molar-refractivity contribution >= 4 is 21.0 Å². The molecule has 0 amide bonds. The summed E-state index contributed by atoms with van der Waals surface area (Å²) in [5, 5.41) is 5.72. The van der Waals surface area contributed by atoms with E-state index in [1.807, 2.05) is 0 Å². The van der Waals surface area contributed by atoms with Crippen LogP contribution in [0.4, 0.5) is 0 Å². The molecule has 0 spiro atoms. The van der Waals surface area contributed by atoms with Crippen LogP contribution >= 0.6 is 21.0 Å². The molecule has 1 unspecified atom stereocenters. The molecule has 2 aliphatic heterocycles. The molecular weight excluding hydrogens is 325 g/mol. The SMILES string of the molecule is C1=CCCC(C2=CN(CC3CCCN3)N=I2)=C1. The summed E-state index contributed by atoms with van der Waals surface area (Å²) in [6.07, 6.45) is 14.0. The first-order valence-electron chi connectivity index (χ1n) is 6.35. The summed E-state index contributed by atoms with van der Waals surface area (Å²) < 4.78 is 6.22. The lowest BCUT2D eigenvalue weighted by atomic mass is 10.1. The highest BCUT2D eigenvalue weighted by molar-refractivity contribution is 14.2. The van der Waals surface area contributed by atoms with Gasteiger partial charge in [-0.05, 0) is 37.8 Å². The minimum Gasteiger partial charge on any atom is -0.312 e. The fourth-order valence-electron chi connectivity index (χ4n) is 2.42. The highest BCUT2D eigenvalue weighted by Gasteiger charge is 2.19. The van der Waals surface area contributed by atoms with Crippen molar-refractivity contribution in [1.82, 2.24) is 10.3 Å². The topological polar surface area (TPSA) is 27.6 Å². The standard InChI is InChI=1S/C13H18IN3/c1-2-5-11(6-3-1)13-10-17(16-14-13)9-12-7-4-8-15-12/h1-2,5,10,12,15H,3-4,6-9H2. The lowest BCUT2D eigenvalue weighted by molar-refractivity contribution is 0.362. The second-order valence-electron chi connectivity index (χ2n) is 4.71. The van der Waals surface area contributed by atoms with Gasteiger partial charge in [-0.3, -0.25) is 5.01 Å². The third-order valence-corrected chi connectivity index (χ3v) is 5.64. The summed E-state index contributed by atoms with van der Waals surface area (Å²) in [5.41, 5.74) is 1.52. The highest BCUT2D eigenvalue weighted by Crippen LogP contribution is 2.35. The molecule has 0 saturated carbocycles. The monoisotopic (exact) mass is 343 g/mol. The van der Waals surface area contributed by atoms with Gasteiger partial charge in [-0.15, -0.1) is 3.25 Å². The lowest BCUT2D eigenvalue weighted by Crippen LogP contribution is -2.31. The Kier molecular flexibility index (Phi) is 3.71. The maximum absolute atomic E-state index is 4.70. The Morgan fingerprint density at radius 3 is 3.29 bits per heavy atom. The second-order valence-corrected chi connectivity index (χ2v) is 6.79. The maximum Gasteiger partial charge on any atom is 0.0571 e. The highest BCUT2D eigenvalue weighted by atomic mass is 127. The Morgan fingerprint density at radius 2 is 2.53 bits per heavy atom. The van der Waals surface area contributed by atoms with Crippen LogP contribution in [0.15, 0.2) is 36.8 Å². The van der Waals surface area contributed by atoms with Crippen molar-refractivity contribution in [3.05, 3.63) is 33.6 Å². The molecule has 0 aromatic rings. The van der Waals surface area contributed by atoms with E-state index in [1.165, 1.54) is 41.4 Å². The van der Waals surface area contributed by atoms with Gasteiger partial charge in [0, 0.05) is 15.8 Å². The molecular formula is C13H18IN3. The number of nitrogens with zero attached hydrogens (tertiary/aromatic N) is 2. The molecule has 1 N–H and O–H groups in total. The Balaban J connectivity index is 1.62. The van der Waals surface area contributed by atoms with Gasteiger partial charge in [0.25, 0.3) is 0 Å². The predicted molar refractivity (Wildman–Crippen MR) is 78.7 cm³/mol. The van der Waals surface area contributed by atoms with E-state index < -0.39 is 0 Å². The predicted octanol–water partition coefficient (Wildman–Crippen LogP) is 3.24. The number of halogens is 1. The maximum atomic E-state index is 4.70. The number of allylic oxidation sites excluding steroid dienone is 5. The molecule has 4 heteroatoms. The van der Waals surface area contributed by atoms with Crippen LogP contribution in [0.3, 0.4) is 0 Å². The van der Waals surface area contributed by atoms with Crippen molar-refractivity contribution in [2.24, 2.45) is 3.25 Å². The fourth-order valence-corrected chi connectivity index (χ4v) is 4.44. The number of rotatable bonds is 3. The third kappa shape index (κ3) is 2.85. The van der Waals surface area contributed by atoms with Crippen LogP contribution < -0.4 is 5.32 Å². The van der Waals surface area contributed by atoms with Gasteiger partial charge in [0.15, 0.2) is 0 Å². The van der Waals surface area contributed by atoms with Gasteiger partial charge in [-0.2, -0.15) is 0 Å².